The summed E-state index contributed by atoms with van der Waals surface area (Å²) < 4.78 is 26.6. The standard InChI is InChI=1S/C13H19N3O3S.ClH/c1-9-3-4-11(7-12(9)13(14)17)20(18,19)16-6-5-15-10(2)8-16;/h3-4,7,10,15H,5-6,8H2,1-2H3,(H2,14,17);1H/t10-;/m1./s1. The molecule has 1 aromatic carbocycles. The summed E-state index contributed by atoms with van der Waals surface area (Å²) >= 11 is 0. The average molecular weight is 334 g/mol. The van der Waals surface area contributed by atoms with Crippen LogP contribution in [0.3, 0.4) is 0 Å². The fourth-order valence-corrected chi connectivity index (χ4v) is 3.85. The monoisotopic (exact) mass is 333 g/mol. The van der Waals surface area contributed by atoms with E-state index in [1.807, 2.05) is 6.92 Å². The molecule has 1 fully saturated rings. The number of nitrogens with zero attached hydrogens (tertiary/aromatic N) is 1. The van der Waals surface area contributed by atoms with Crippen molar-refractivity contribution in [2.24, 2.45) is 5.73 Å². The Balaban J connectivity index is 0.00000220. The van der Waals surface area contributed by atoms with Gasteiger partial charge in [0.05, 0.1) is 4.90 Å². The lowest BCUT2D eigenvalue weighted by Crippen LogP contribution is -2.51. The number of hydrogen-bond donors (Lipinski definition) is 2. The van der Waals surface area contributed by atoms with E-state index in [2.05, 4.69) is 5.32 Å². The van der Waals surface area contributed by atoms with Crippen LogP contribution < -0.4 is 11.1 Å². The molecule has 2 rings (SSSR count). The van der Waals surface area contributed by atoms with Gasteiger partial charge >= 0.3 is 0 Å². The quantitative estimate of drug-likeness (QED) is 0.842. The highest BCUT2D eigenvalue weighted by Crippen LogP contribution is 2.20. The summed E-state index contributed by atoms with van der Waals surface area (Å²) in [7, 11) is -3.58. The van der Waals surface area contributed by atoms with Crippen LogP contribution in [0.2, 0.25) is 0 Å². The minimum atomic E-state index is -3.58. The number of rotatable bonds is 3. The van der Waals surface area contributed by atoms with Gasteiger partial charge in [-0.05, 0) is 31.5 Å². The average Bonchev–Trinajstić information content (AvgIpc) is 2.38. The zero-order valence-corrected chi connectivity index (χ0v) is 13.6. The molecule has 1 amide bonds. The third-order valence-corrected chi connectivity index (χ3v) is 5.30. The van der Waals surface area contributed by atoms with Crippen LogP contribution in [0, 0.1) is 6.92 Å². The van der Waals surface area contributed by atoms with Gasteiger partial charge in [-0.3, -0.25) is 4.79 Å². The molecule has 0 aliphatic carbocycles. The van der Waals surface area contributed by atoms with Crippen molar-refractivity contribution < 1.29 is 13.2 Å². The second-order valence-corrected chi connectivity index (χ2v) is 7.00. The number of aryl methyl sites for hydroxylation is 1. The summed E-state index contributed by atoms with van der Waals surface area (Å²) in [6.07, 6.45) is 0. The third kappa shape index (κ3) is 3.74. The highest BCUT2D eigenvalue weighted by atomic mass is 35.5. The lowest BCUT2D eigenvalue weighted by atomic mass is 10.1. The summed E-state index contributed by atoms with van der Waals surface area (Å²) in [5.74, 6) is -0.617. The van der Waals surface area contributed by atoms with Crippen molar-refractivity contribution in [3.05, 3.63) is 29.3 Å². The molecule has 0 saturated carbocycles. The fraction of sp³-hybridized carbons (Fsp3) is 0.462. The second-order valence-electron chi connectivity index (χ2n) is 5.06. The van der Waals surface area contributed by atoms with Crippen LogP contribution in [0.25, 0.3) is 0 Å². The number of halogens is 1. The minimum Gasteiger partial charge on any atom is -0.366 e. The lowest BCUT2D eigenvalue weighted by Gasteiger charge is -2.31. The van der Waals surface area contributed by atoms with Crippen LogP contribution in [0.1, 0.15) is 22.8 Å². The summed E-state index contributed by atoms with van der Waals surface area (Å²) in [5.41, 5.74) is 6.19. The number of benzene rings is 1. The summed E-state index contributed by atoms with van der Waals surface area (Å²) in [5, 5.41) is 3.19. The number of sulfonamides is 1. The molecule has 1 heterocycles. The number of carbonyl (C=O) groups excluding carboxylic acids is 1. The maximum absolute atomic E-state index is 12.6. The van der Waals surface area contributed by atoms with E-state index in [-0.39, 0.29) is 28.9 Å². The number of nitrogens with one attached hydrogen (secondary N) is 1. The fourth-order valence-electron chi connectivity index (χ4n) is 2.29. The van der Waals surface area contributed by atoms with E-state index < -0.39 is 15.9 Å². The molecule has 0 unspecified atom stereocenters. The van der Waals surface area contributed by atoms with Gasteiger partial charge in [0.2, 0.25) is 15.9 Å². The van der Waals surface area contributed by atoms with Gasteiger partial charge in [-0.25, -0.2) is 8.42 Å². The van der Waals surface area contributed by atoms with Gasteiger partial charge in [-0.2, -0.15) is 4.31 Å². The molecule has 1 saturated heterocycles. The van der Waals surface area contributed by atoms with E-state index in [1.165, 1.54) is 16.4 Å². The van der Waals surface area contributed by atoms with Crippen LogP contribution in [0.5, 0.6) is 0 Å². The van der Waals surface area contributed by atoms with Gasteiger partial charge in [0, 0.05) is 31.2 Å². The van der Waals surface area contributed by atoms with E-state index in [9.17, 15) is 13.2 Å². The predicted molar refractivity (Wildman–Crippen MR) is 83.2 cm³/mol. The zero-order valence-electron chi connectivity index (χ0n) is 12.0. The zero-order chi connectivity index (χ0) is 14.9. The van der Waals surface area contributed by atoms with Gasteiger partial charge in [0.25, 0.3) is 0 Å². The Labute approximate surface area is 131 Å². The molecule has 1 aromatic rings. The Kier molecular flexibility index (Phi) is 5.75. The molecule has 6 nitrogen and oxygen atoms in total. The smallest absolute Gasteiger partial charge is 0.249 e. The van der Waals surface area contributed by atoms with Crippen LogP contribution >= 0.6 is 12.4 Å². The van der Waals surface area contributed by atoms with Gasteiger partial charge in [-0.15, -0.1) is 12.4 Å². The van der Waals surface area contributed by atoms with E-state index in [0.717, 1.165) is 0 Å². The summed E-state index contributed by atoms with van der Waals surface area (Å²) in [6.45, 7) is 5.12. The van der Waals surface area contributed by atoms with Gasteiger partial charge in [0.1, 0.15) is 0 Å². The molecule has 1 atom stereocenters. The topological polar surface area (TPSA) is 92.5 Å². The Morgan fingerprint density at radius 2 is 2.10 bits per heavy atom. The molecule has 1 aliphatic rings. The lowest BCUT2D eigenvalue weighted by molar-refractivity contribution is 0.0999. The van der Waals surface area contributed by atoms with Crippen molar-refractivity contribution in [1.29, 1.82) is 0 Å². The summed E-state index contributed by atoms with van der Waals surface area (Å²) in [6, 6.07) is 4.60. The highest BCUT2D eigenvalue weighted by molar-refractivity contribution is 7.89. The maximum atomic E-state index is 12.6. The maximum Gasteiger partial charge on any atom is 0.249 e. The number of hydrogen-bond acceptors (Lipinski definition) is 4. The number of nitrogens with two attached hydrogens (primary N) is 1. The van der Waals surface area contributed by atoms with Crippen LogP contribution in [-0.4, -0.2) is 44.3 Å². The first-order valence-electron chi connectivity index (χ1n) is 6.46. The molecule has 0 spiro atoms. The largest absolute Gasteiger partial charge is 0.366 e. The molecular weight excluding hydrogens is 314 g/mol. The predicted octanol–water partition coefficient (Wildman–Crippen LogP) is 0.498. The first-order chi connectivity index (χ1) is 9.32. The minimum absolute atomic E-state index is 0. The van der Waals surface area contributed by atoms with Gasteiger partial charge in [0.15, 0.2) is 0 Å². The van der Waals surface area contributed by atoms with Crippen LogP contribution in [0.15, 0.2) is 23.1 Å². The van der Waals surface area contributed by atoms with Crippen molar-refractivity contribution in [2.75, 3.05) is 19.6 Å². The van der Waals surface area contributed by atoms with E-state index in [4.69, 9.17) is 5.73 Å². The second kappa shape index (κ2) is 6.74. The van der Waals surface area contributed by atoms with Crippen molar-refractivity contribution in [3.8, 4) is 0 Å². The normalized spacial score (nSPS) is 19.8. The van der Waals surface area contributed by atoms with Gasteiger partial charge in [-0.1, -0.05) is 6.07 Å². The van der Waals surface area contributed by atoms with Crippen molar-refractivity contribution in [2.45, 2.75) is 24.8 Å². The first-order valence-corrected chi connectivity index (χ1v) is 7.90. The number of piperazine rings is 1. The van der Waals surface area contributed by atoms with E-state index in [0.29, 0.717) is 25.2 Å². The Morgan fingerprint density at radius 3 is 2.67 bits per heavy atom. The number of amides is 1. The molecule has 21 heavy (non-hydrogen) atoms. The third-order valence-electron chi connectivity index (χ3n) is 3.44. The van der Waals surface area contributed by atoms with E-state index in [1.54, 1.807) is 13.0 Å². The first kappa shape index (κ1) is 17.9. The molecule has 0 radical (unpaired) electrons. The number of carbonyl (C=O) groups is 1. The molecule has 3 N–H and O–H groups in total. The van der Waals surface area contributed by atoms with Gasteiger partial charge < -0.3 is 11.1 Å². The molecule has 0 aromatic heterocycles. The van der Waals surface area contributed by atoms with Crippen molar-refractivity contribution in [3.63, 3.8) is 0 Å². The Morgan fingerprint density at radius 1 is 1.43 bits per heavy atom. The number of primary amides is 1. The molecule has 118 valence electrons. The molecule has 1 aliphatic heterocycles. The molecule has 8 heteroatoms. The summed E-state index contributed by atoms with van der Waals surface area (Å²) in [4.78, 5) is 11.4. The van der Waals surface area contributed by atoms with Crippen LogP contribution in [0.4, 0.5) is 0 Å². The SMILES string of the molecule is Cc1ccc(S(=O)(=O)N2CCN[C@H](C)C2)cc1C(N)=O.Cl. The highest BCUT2D eigenvalue weighted by Gasteiger charge is 2.29. The van der Waals surface area contributed by atoms with Crippen molar-refractivity contribution >= 4 is 28.3 Å². The molecular formula is C13H20ClN3O3S. The van der Waals surface area contributed by atoms with E-state index >= 15 is 0 Å². The Bertz CT molecular complexity index is 634. The Hall–Kier alpha value is -1.15. The molecule has 0 bridgehead atoms. The van der Waals surface area contributed by atoms with Crippen molar-refractivity contribution in [1.82, 2.24) is 9.62 Å². The van der Waals surface area contributed by atoms with Crippen LogP contribution in [-0.2, 0) is 10.0 Å².